The summed E-state index contributed by atoms with van der Waals surface area (Å²) >= 11 is 1.31. The smallest absolute Gasteiger partial charge is 0.194 e. The standard InChI is InChI=1S/C17H8F2OS/c18-13-6-5-12-14(15(13)19)17-11(7-8-21-17)9-3-1-2-4-10(9)16(12)20/h1-8H. The maximum atomic E-state index is 14.3. The third kappa shape index (κ3) is 1.63. The highest BCUT2D eigenvalue weighted by atomic mass is 32.1. The first-order chi connectivity index (χ1) is 10.2. The summed E-state index contributed by atoms with van der Waals surface area (Å²) in [6, 6.07) is 11.4. The first kappa shape index (κ1) is 12.4. The van der Waals surface area contributed by atoms with E-state index in [4.69, 9.17) is 0 Å². The molecule has 0 amide bonds. The maximum Gasteiger partial charge on any atom is 0.194 e. The molecule has 0 saturated heterocycles. The molecule has 0 radical (unpaired) electrons. The minimum Gasteiger partial charge on any atom is -0.289 e. The normalized spacial score (nSPS) is 11.5. The molecule has 3 aromatic carbocycles. The SMILES string of the molecule is O=c1c2ccccc2c2ccsc2c2c(F)c(F)ccc12. The summed E-state index contributed by atoms with van der Waals surface area (Å²) in [6.45, 7) is 0. The molecule has 0 aliphatic rings. The van der Waals surface area contributed by atoms with Gasteiger partial charge in [0.15, 0.2) is 17.1 Å². The number of fused-ring (bicyclic) bond motifs is 5. The van der Waals surface area contributed by atoms with E-state index in [0.29, 0.717) is 10.1 Å². The van der Waals surface area contributed by atoms with Crippen molar-refractivity contribution in [2.24, 2.45) is 0 Å². The third-order valence-corrected chi connectivity index (χ3v) is 4.63. The number of thiophene rings is 1. The first-order valence-electron chi connectivity index (χ1n) is 6.38. The van der Waals surface area contributed by atoms with Gasteiger partial charge in [0.2, 0.25) is 0 Å². The van der Waals surface area contributed by atoms with Crippen molar-refractivity contribution in [3.05, 3.63) is 69.7 Å². The van der Waals surface area contributed by atoms with Gasteiger partial charge in [-0.1, -0.05) is 24.3 Å². The van der Waals surface area contributed by atoms with Crippen LogP contribution in [0.5, 0.6) is 0 Å². The van der Waals surface area contributed by atoms with Crippen LogP contribution in [0, 0.1) is 11.6 Å². The predicted octanol–water partition coefficient (Wildman–Crippen LogP) is 4.85. The molecule has 21 heavy (non-hydrogen) atoms. The fraction of sp³-hybridized carbons (Fsp3) is 0. The molecule has 0 saturated carbocycles. The van der Waals surface area contributed by atoms with Gasteiger partial charge in [-0.15, -0.1) is 11.3 Å². The van der Waals surface area contributed by atoms with Crippen LogP contribution < -0.4 is 5.43 Å². The molecule has 4 rings (SSSR count). The lowest BCUT2D eigenvalue weighted by atomic mass is 10.1. The summed E-state index contributed by atoms with van der Waals surface area (Å²) in [5.74, 6) is -1.90. The molecule has 0 atom stereocenters. The van der Waals surface area contributed by atoms with E-state index < -0.39 is 11.6 Å². The lowest BCUT2D eigenvalue weighted by Crippen LogP contribution is -1.99. The molecular formula is C17H8F2OS. The Morgan fingerprint density at radius 2 is 1.57 bits per heavy atom. The second kappa shape index (κ2) is 4.33. The van der Waals surface area contributed by atoms with Crippen LogP contribution in [0.25, 0.3) is 31.6 Å². The van der Waals surface area contributed by atoms with Crippen molar-refractivity contribution >= 4 is 43.0 Å². The summed E-state index contributed by atoms with van der Waals surface area (Å²) in [6.07, 6.45) is 0. The number of halogens is 2. The molecular weight excluding hydrogens is 290 g/mol. The number of rotatable bonds is 0. The molecule has 0 bridgehead atoms. The highest BCUT2D eigenvalue weighted by Crippen LogP contribution is 2.33. The Morgan fingerprint density at radius 3 is 2.38 bits per heavy atom. The van der Waals surface area contributed by atoms with Crippen LogP contribution >= 0.6 is 11.3 Å². The van der Waals surface area contributed by atoms with Crippen LogP contribution in [0.2, 0.25) is 0 Å². The van der Waals surface area contributed by atoms with Crippen LogP contribution in [0.1, 0.15) is 0 Å². The number of benzene rings is 2. The molecule has 1 heterocycles. The molecule has 0 fully saturated rings. The van der Waals surface area contributed by atoms with E-state index >= 15 is 0 Å². The minimum absolute atomic E-state index is 0.0706. The van der Waals surface area contributed by atoms with E-state index in [9.17, 15) is 13.6 Å². The quantitative estimate of drug-likeness (QED) is 0.454. The highest BCUT2D eigenvalue weighted by Gasteiger charge is 2.15. The van der Waals surface area contributed by atoms with Crippen molar-refractivity contribution in [3.63, 3.8) is 0 Å². The third-order valence-electron chi connectivity index (χ3n) is 3.69. The molecule has 4 heteroatoms. The zero-order valence-electron chi connectivity index (χ0n) is 10.7. The van der Waals surface area contributed by atoms with Crippen LogP contribution in [-0.2, 0) is 0 Å². The van der Waals surface area contributed by atoms with Crippen LogP contribution in [0.4, 0.5) is 8.78 Å². The molecule has 4 aromatic rings. The Labute approximate surface area is 122 Å². The van der Waals surface area contributed by atoms with Crippen LogP contribution in [-0.4, -0.2) is 0 Å². The zero-order valence-corrected chi connectivity index (χ0v) is 11.5. The summed E-state index contributed by atoms with van der Waals surface area (Å²) in [5.41, 5.74) is -0.275. The van der Waals surface area contributed by atoms with Gasteiger partial charge in [-0.25, -0.2) is 8.78 Å². The molecule has 1 aromatic heterocycles. The van der Waals surface area contributed by atoms with Crippen LogP contribution in [0.3, 0.4) is 0 Å². The Hall–Kier alpha value is -2.33. The van der Waals surface area contributed by atoms with E-state index in [0.717, 1.165) is 16.8 Å². The van der Waals surface area contributed by atoms with E-state index in [1.54, 1.807) is 12.1 Å². The van der Waals surface area contributed by atoms with Gasteiger partial charge in [0.05, 0.1) is 0 Å². The van der Waals surface area contributed by atoms with Gasteiger partial charge >= 0.3 is 0 Å². The minimum atomic E-state index is -0.961. The first-order valence-corrected chi connectivity index (χ1v) is 7.26. The van der Waals surface area contributed by atoms with Crippen LogP contribution in [0.15, 0.2) is 52.6 Å². The van der Waals surface area contributed by atoms with Crippen molar-refractivity contribution in [1.82, 2.24) is 0 Å². The number of hydrogen-bond acceptors (Lipinski definition) is 2. The summed E-state index contributed by atoms with van der Waals surface area (Å²) in [5, 5.41) is 4.15. The molecule has 1 nitrogen and oxygen atoms in total. The van der Waals surface area contributed by atoms with Gasteiger partial charge in [0.25, 0.3) is 0 Å². The van der Waals surface area contributed by atoms with Gasteiger partial charge < -0.3 is 0 Å². The van der Waals surface area contributed by atoms with Crippen molar-refractivity contribution in [1.29, 1.82) is 0 Å². The molecule has 0 aliphatic carbocycles. The van der Waals surface area contributed by atoms with Gasteiger partial charge in [0, 0.05) is 26.2 Å². The molecule has 0 N–H and O–H groups in total. The summed E-state index contributed by atoms with van der Waals surface area (Å²) < 4.78 is 28.5. The summed E-state index contributed by atoms with van der Waals surface area (Å²) in [4.78, 5) is 12.7. The Balaban J connectivity index is 2.53. The van der Waals surface area contributed by atoms with Crippen molar-refractivity contribution in [2.75, 3.05) is 0 Å². The Morgan fingerprint density at radius 1 is 0.810 bits per heavy atom. The second-order valence-electron chi connectivity index (χ2n) is 4.82. The van der Waals surface area contributed by atoms with Gasteiger partial charge in [-0.05, 0) is 29.0 Å². The van der Waals surface area contributed by atoms with E-state index in [-0.39, 0.29) is 16.2 Å². The van der Waals surface area contributed by atoms with Crippen molar-refractivity contribution < 1.29 is 8.78 Å². The molecule has 0 spiro atoms. The topological polar surface area (TPSA) is 17.1 Å². The van der Waals surface area contributed by atoms with Crippen molar-refractivity contribution in [3.8, 4) is 0 Å². The predicted molar refractivity (Wildman–Crippen MR) is 83.0 cm³/mol. The fourth-order valence-electron chi connectivity index (χ4n) is 2.74. The van der Waals surface area contributed by atoms with E-state index in [2.05, 4.69) is 0 Å². The average molecular weight is 298 g/mol. The highest BCUT2D eigenvalue weighted by molar-refractivity contribution is 7.18. The molecule has 0 aliphatic heterocycles. The van der Waals surface area contributed by atoms with E-state index in [1.807, 2.05) is 23.6 Å². The van der Waals surface area contributed by atoms with E-state index in [1.165, 1.54) is 17.4 Å². The zero-order chi connectivity index (χ0) is 14.6. The summed E-state index contributed by atoms with van der Waals surface area (Å²) in [7, 11) is 0. The lowest BCUT2D eigenvalue weighted by molar-refractivity contribution is 0.517. The maximum absolute atomic E-state index is 14.3. The Bertz CT molecular complexity index is 1080. The van der Waals surface area contributed by atoms with Gasteiger partial charge in [-0.3, -0.25) is 4.79 Å². The second-order valence-corrected chi connectivity index (χ2v) is 5.74. The monoisotopic (exact) mass is 298 g/mol. The average Bonchev–Trinajstić information content (AvgIpc) is 2.94. The largest absolute Gasteiger partial charge is 0.289 e. The molecule has 102 valence electrons. The van der Waals surface area contributed by atoms with Crippen molar-refractivity contribution in [2.45, 2.75) is 0 Å². The lowest BCUT2D eigenvalue weighted by Gasteiger charge is -1.97. The van der Waals surface area contributed by atoms with Gasteiger partial charge in [0.1, 0.15) is 0 Å². The fourth-order valence-corrected chi connectivity index (χ4v) is 3.70. The molecule has 0 unspecified atom stereocenters. The Kier molecular flexibility index (Phi) is 2.56. The number of hydrogen-bond donors (Lipinski definition) is 0. The van der Waals surface area contributed by atoms with Gasteiger partial charge in [-0.2, -0.15) is 0 Å².